The van der Waals surface area contributed by atoms with E-state index in [1.165, 1.54) is 7.11 Å². The molecule has 0 amide bonds. The molecule has 1 saturated heterocycles. The van der Waals surface area contributed by atoms with Gasteiger partial charge in [0.15, 0.2) is 6.29 Å². The predicted molar refractivity (Wildman–Crippen MR) is 35.3 cm³/mol. The number of hydrogen-bond acceptors (Lipinski definition) is 4. The van der Waals surface area contributed by atoms with Gasteiger partial charge in [-0.25, -0.2) is 0 Å². The van der Waals surface area contributed by atoms with Gasteiger partial charge in [-0.2, -0.15) is 0 Å². The summed E-state index contributed by atoms with van der Waals surface area (Å²) in [6.07, 6.45) is -0.524. The average Bonchev–Trinajstić information content (AvgIpc) is 1.95. The zero-order valence-corrected chi connectivity index (χ0v) is 5.99. The van der Waals surface area contributed by atoms with Crippen LogP contribution in [0.15, 0.2) is 0 Å². The molecule has 0 aromatic carbocycles. The first-order valence-corrected chi connectivity index (χ1v) is 3.33. The summed E-state index contributed by atoms with van der Waals surface area (Å²) in [5, 5.41) is 9.26. The lowest BCUT2D eigenvalue weighted by Crippen LogP contribution is -2.49. The molecule has 0 bridgehead atoms. The van der Waals surface area contributed by atoms with E-state index in [0.29, 0.717) is 13.0 Å². The fraction of sp³-hybridized carbons (Fsp3) is 1.00. The topological polar surface area (TPSA) is 64.7 Å². The van der Waals surface area contributed by atoms with Crippen molar-refractivity contribution in [3.63, 3.8) is 0 Å². The molecular weight excluding hydrogens is 134 g/mol. The molecule has 1 aliphatic heterocycles. The van der Waals surface area contributed by atoms with Crippen LogP contribution in [0.2, 0.25) is 0 Å². The second-order valence-corrected chi connectivity index (χ2v) is 2.42. The summed E-state index contributed by atoms with van der Waals surface area (Å²) < 4.78 is 9.88. The Labute approximate surface area is 59.9 Å². The molecule has 3 N–H and O–H groups in total. The van der Waals surface area contributed by atoms with Crippen molar-refractivity contribution >= 4 is 0 Å². The number of ether oxygens (including phenoxy) is 2. The van der Waals surface area contributed by atoms with Crippen LogP contribution in [0.3, 0.4) is 0 Å². The summed E-state index contributed by atoms with van der Waals surface area (Å²) in [4.78, 5) is 0. The van der Waals surface area contributed by atoms with Crippen molar-refractivity contribution in [2.24, 2.45) is 5.73 Å². The molecule has 1 rings (SSSR count). The summed E-state index contributed by atoms with van der Waals surface area (Å²) in [7, 11) is 1.49. The van der Waals surface area contributed by atoms with Gasteiger partial charge in [-0.05, 0) is 6.42 Å². The van der Waals surface area contributed by atoms with Gasteiger partial charge < -0.3 is 20.3 Å². The normalized spacial score (nSPS) is 41.7. The Morgan fingerprint density at radius 2 is 2.40 bits per heavy atom. The van der Waals surface area contributed by atoms with Crippen LogP contribution in [0, 0.1) is 0 Å². The maximum Gasteiger partial charge on any atom is 0.184 e. The van der Waals surface area contributed by atoms with E-state index in [2.05, 4.69) is 0 Å². The van der Waals surface area contributed by atoms with Gasteiger partial charge >= 0.3 is 0 Å². The smallest absolute Gasteiger partial charge is 0.184 e. The Morgan fingerprint density at radius 1 is 1.70 bits per heavy atom. The van der Waals surface area contributed by atoms with Crippen LogP contribution in [-0.2, 0) is 9.47 Å². The number of rotatable bonds is 1. The van der Waals surface area contributed by atoms with Crippen molar-refractivity contribution in [3.8, 4) is 0 Å². The molecule has 0 aromatic heterocycles. The Hall–Kier alpha value is -0.160. The van der Waals surface area contributed by atoms with Crippen LogP contribution in [0.4, 0.5) is 0 Å². The standard InChI is InChI=1S/C6H13NO3/c1-9-6-5(8)4(7)2-3-10-6/h4-6,8H,2-3,7H2,1H3/t4-,5+,6-/m0/s1. The van der Waals surface area contributed by atoms with Gasteiger partial charge in [0.05, 0.1) is 6.61 Å². The first-order chi connectivity index (χ1) is 4.75. The monoisotopic (exact) mass is 147 g/mol. The highest BCUT2D eigenvalue weighted by molar-refractivity contribution is 4.78. The third-order valence-electron chi connectivity index (χ3n) is 1.68. The number of aliphatic hydroxyl groups excluding tert-OH is 1. The van der Waals surface area contributed by atoms with Crippen LogP contribution in [0.5, 0.6) is 0 Å². The van der Waals surface area contributed by atoms with E-state index < -0.39 is 12.4 Å². The minimum atomic E-state index is -0.682. The zero-order valence-electron chi connectivity index (χ0n) is 5.99. The van der Waals surface area contributed by atoms with Crippen LogP contribution < -0.4 is 5.73 Å². The maximum atomic E-state index is 9.26. The molecule has 0 unspecified atom stereocenters. The third-order valence-corrected chi connectivity index (χ3v) is 1.68. The van der Waals surface area contributed by atoms with Crippen molar-refractivity contribution in [1.82, 2.24) is 0 Å². The highest BCUT2D eigenvalue weighted by Gasteiger charge is 2.29. The Bertz CT molecular complexity index is 109. The fourth-order valence-electron chi connectivity index (χ4n) is 0.999. The van der Waals surface area contributed by atoms with Crippen LogP contribution >= 0.6 is 0 Å². The molecular formula is C6H13NO3. The van der Waals surface area contributed by atoms with Crippen LogP contribution in [0.25, 0.3) is 0 Å². The van der Waals surface area contributed by atoms with Crippen molar-refractivity contribution in [2.75, 3.05) is 13.7 Å². The average molecular weight is 147 g/mol. The minimum absolute atomic E-state index is 0.210. The summed E-state index contributed by atoms with van der Waals surface area (Å²) >= 11 is 0. The number of nitrogens with two attached hydrogens (primary N) is 1. The van der Waals surface area contributed by atoms with Crippen molar-refractivity contribution in [2.45, 2.75) is 24.9 Å². The van der Waals surface area contributed by atoms with Crippen molar-refractivity contribution < 1.29 is 14.6 Å². The highest BCUT2D eigenvalue weighted by atomic mass is 16.7. The summed E-state index contributed by atoms with van der Waals surface area (Å²) in [5.74, 6) is 0. The molecule has 1 aliphatic rings. The van der Waals surface area contributed by atoms with Crippen molar-refractivity contribution in [1.29, 1.82) is 0 Å². The second-order valence-electron chi connectivity index (χ2n) is 2.42. The summed E-state index contributed by atoms with van der Waals surface area (Å²) in [6.45, 7) is 0.566. The van der Waals surface area contributed by atoms with E-state index in [4.69, 9.17) is 15.2 Å². The number of aliphatic hydroxyl groups is 1. The Balaban J connectivity index is 2.42. The molecule has 3 atom stereocenters. The minimum Gasteiger partial charge on any atom is -0.386 e. The van der Waals surface area contributed by atoms with Crippen molar-refractivity contribution in [3.05, 3.63) is 0 Å². The molecule has 4 heteroatoms. The Kier molecular flexibility index (Phi) is 2.62. The van der Waals surface area contributed by atoms with Gasteiger partial charge in [0.25, 0.3) is 0 Å². The molecule has 0 radical (unpaired) electrons. The van der Waals surface area contributed by atoms with Gasteiger partial charge in [0, 0.05) is 13.2 Å². The van der Waals surface area contributed by atoms with E-state index in [0.717, 1.165) is 0 Å². The van der Waals surface area contributed by atoms with E-state index in [-0.39, 0.29) is 6.04 Å². The first-order valence-electron chi connectivity index (χ1n) is 3.33. The third kappa shape index (κ3) is 1.46. The first kappa shape index (κ1) is 7.94. The SMILES string of the molecule is CO[C@H]1OCC[C@H](N)[C@H]1O. The fourth-order valence-corrected chi connectivity index (χ4v) is 0.999. The molecule has 60 valence electrons. The molecule has 0 aromatic rings. The largest absolute Gasteiger partial charge is 0.386 e. The van der Waals surface area contributed by atoms with Crippen LogP contribution in [0.1, 0.15) is 6.42 Å². The predicted octanol–water partition coefficient (Wildman–Crippen LogP) is -0.933. The van der Waals surface area contributed by atoms with Gasteiger partial charge in [0.2, 0.25) is 0 Å². The zero-order chi connectivity index (χ0) is 7.56. The molecule has 0 spiro atoms. The molecule has 0 aliphatic carbocycles. The van der Waals surface area contributed by atoms with Gasteiger partial charge in [-0.3, -0.25) is 0 Å². The van der Waals surface area contributed by atoms with Gasteiger partial charge in [0.1, 0.15) is 6.10 Å². The van der Waals surface area contributed by atoms with E-state index in [1.54, 1.807) is 0 Å². The second kappa shape index (κ2) is 3.30. The Morgan fingerprint density at radius 3 is 2.90 bits per heavy atom. The lowest BCUT2D eigenvalue weighted by molar-refractivity contribution is -0.206. The molecule has 10 heavy (non-hydrogen) atoms. The maximum absolute atomic E-state index is 9.26. The quantitative estimate of drug-likeness (QED) is 0.503. The lowest BCUT2D eigenvalue weighted by atomic mass is 10.1. The highest BCUT2D eigenvalue weighted by Crippen LogP contribution is 2.12. The molecule has 1 heterocycles. The molecule has 0 saturated carbocycles. The number of methoxy groups -OCH3 is 1. The van der Waals surface area contributed by atoms with E-state index in [9.17, 15) is 5.11 Å². The van der Waals surface area contributed by atoms with Crippen LogP contribution in [-0.4, -0.2) is 37.3 Å². The summed E-state index contributed by atoms with van der Waals surface area (Å²) in [6, 6.07) is -0.210. The van der Waals surface area contributed by atoms with E-state index >= 15 is 0 Å². The summed E-state index contributed by atoms with van der Waals surface area (Å²) in [5.41, 5.74) is 5.53. The van der Waals surface area contributed by atoms with Gasteiger partial charge in [-0.15, -0.1) is 0 Å². The lowest BCUT2D eigenvalue weighted by Gasteiger charge is -2.31. The molecule has 1 fully saturated rings. The van der Waals surface area contributed by atoms with E-state index in [1.807, 2.05) is 0 Å². The number of hydrogen-bond donors (Lipinski definition) is 2. The van der Waals surface area contributed by atoms with Gasteiger partial charge in [-0.1, -0.05) is 0 Å². The molecule has 4 nitrogen and oxygen atoms in total.